The Labute approximate surface area is 124 Å². The fourth-order valence-electron chi connectivity index (χ4n) is 3.17. The highest BCUT2D eigenvalue weighted by atomic mass is 19.1. The highest BCUT2D eigenvalue weighted by Crippen LogP contribution is 2.42. The van der Waals surface area contributed by atoms with Gasteiger partial charge in [0.05, 0.1) is 11.6 Å². The summed E-state index contributed by atoms with van der Waals surface area (Å²) in [4.78, 5) is 0. The van der Waals surface area contributed by atoms with Gasteiger partial charge in [0.15, 0.2) is 11.4 Å². The Morgan fingerprint density at radius 1 is 1.43 bits per heavy atom. The fraction of sp³-hybridized carbons (Fsp3) is 0.529. The van der Waals surface area contributed by atoms with Crippen molar-refractivity contribution in [1.29, 1.82) is 0 Å². The summed E-state index contributed by atoms with van der Waals surface area (Å²) in [5.74, 6) is 0.486. The molecule has 1 heterocycles. The van der Waals surface area contributed by atoms with Crippen LogP contribution in [0.15, 0.2) is 28.7 Å². The summed E-state index contributed by atoms with van der Waals surface area (Å²) in [7, 11) is 1.78. The molecule has 3 rings (SSSR count). The van der Waals surface area contributed by atoms with Crippen LogP contribution in [0.2, 0.25) is 0 Å². The van der Waals surface area contributed by atoms with Crippen molar-refractivity contribution in [3.63, 3.8) is 0 Å². The van der Waals surface area contributed by atoms with Gasteiger partial charge in [-0.2, -0.15) is 0 Å². The highest BCUT2D eigenvalue weighted by molar-refractivity contribution is 5.78. The van der Waals surface area contributed by atoms with E-state index < -0.39 is 0 Å². The summed E-state index contributed by atoms with van der Waals surface area (Å²) < 4.78 is 25.3. The van der Waals surface area contributed by atoms with Gasteiger partial charge >= 0.3 is 0 Å². The van der Waals surface area contributed by atoms with Gasteiger partial charge in [0, 0.05) is 12.5 Å². The molecule has 1 unspecified atom stereocenters. The van der Waals surface area contributed by atoms with Gasteiger partial charge in [0.25, 0.3) is 0 Å². The van der Waals surface area contributed by atoms with E-state index in [1.165, 1.54) is 12.5 Å². The van der Waals surface area contributed by atoms with Gasteiger partial charge in [-0.05, 0) is 44.4 Å². The Hall–Kier alpha value is -1.39. The topological polar surface area (TPSA) is 34.4 Å². The summed E-state index contributed by atoms with van der Waals surface area (Å²) in [6.45, 7) is 2.90. The molecule has 1 aromatic heterocycles. The summed E-state index contributed by atoms with van der Waals surface area (Å²) in [5, 5.41) is 4.25. The Bertz CT molecular complexity index is 613. The average molecular weight is 291 g/mol. The molecular formula is C17H22FNO2. The first kappa shape index (κ1) is 14.5. The first-order chi connectivity index (χ1) is 10.2. The van der Waals surface area contributed by atoms with Gasteiger partial charge in [0.1, 0.15) is 5.76 Å². The molecule has 114 valence electrons. The normalized spacial score (nSPS) is 18.6. The Morgan fingerprint density at radius 3 is 2.81 bits per heavy atom. The maximum Gasteiger partial charge on any atom is 0.169 e. The SMILES string of the molecule is CCNC(CC1(OC)CCC1)c1cc2cccc(F)c2o1. The summed E-state index contributed by atoms with van der Waals surface area (Å²) >= 11 is 0. The van der Waals surface area contributed by atoms with Crippen LogP contribution < -0.4 is 5.32 Å². The minimum absolute atomic E-state index is 0.0512. The zero-order valence-electron chi connectivity index (χ0n) is 12.6. The second-order valence-electron chi connectivity index (χ2n) is 5.86. The van der Waals surface area contributed by atoms with Crippen molar-refractivity contribution in [1.82, 2.24) is 5.32 Å². The van der Waals surface area contributed by atoms with Crippen LogP contribution in [0.3, 0.4) is 0 Å². The zero-order chi connectivity index (χ0) is 14.9. The Kier molecular flexibility index (Phi) is 4.00. The molecule has 21 heavy (non-hydrogen) atoms. The minimum atomic E-state index is -0.306. The molecule has 4 heteroatoms. The Balaban J connectivity index is 1.89. The van der Waals surface area contributed by atoms with Crippen LogP contribution in [0.5, 0.6) is 0 Å². The quantitative estimate of drug-likeness (QED) is 0.867. The van der Waals surface area contributed by atoms with Crippen LogP contribution in [0.4, 0.5) is 4.39 Å². The molecule has 3 nitrogen and oxygen atoms in total. The zero-order valence-corrected chi connectivity index (χ0v) is 12.6. The third-order valence-corrected chi connectivity index (χ3v) is 4.58. The van der Waals surface area contributed by atoms with Crippen molar-refractivity contribution in [3.8, 4) is 0 Å². The molecule has 0 radical (unpaired) electrons. The fourth-order valence-corrected chi connectivity index (χ4v) is 3.17. The smallest absolute Gasteiger partial charge is 0.169 e. The first-order valence-corrected chi connectivity index (χ1v) is 7.64. The van der Waals surface area contributed by atoms with Crippen molar-refractivity contribution >= 4 is 11.0 Å². The van der Waals surface area contributed by atoms with E-state index in [4.69, 9.17) is 9.15 Å². The van der Waals surface area contributed by atoms with Crippen LogP contribution in [-0.4, -0.2) is 19.3 Å². The molecular weight excluding hydrogens is 269 g/mol. The Morgan fingerprint density at radius 2 is 2.24 bits per heavy atom. The lowest BCUT2D eigenvalue weighted by Crippen LogP contribution is -2.42. The number of para-hydroxylation sites is 1. The molecule has 1 aromatic carbocycles. The lowest BCUT2D eigenvalue weighted by Gasteiger charge is -2.42. The molecule has 1 atom stereocenters. The van der Waals surface area contributed by atoms with Gasteiger partial charge in [-0.3, -0.25) is 0 Å². The predicted octanol–water partition coefficient (Wildman–Crippen LogP) is 4.18. The van der Waals surface area contributed by atoms with E-state index in [1.54, 1.807) is 13.2 Å². The molecule has 0 amide bonds. The monoisotopic (exact) mass is 291 g/mol. The van der Waals surface area contributed by atoms with Crippen LogP contribution in [0, 0.1) is 5.82 Å². The molecule has 0 bridgehead atoms. The molecule has 0 spiro atoms. The summed E-state index contributed by atoms with van der Waals surface area (Å²) in [5.41, 5.74) is 0.292. The molecule has 2 aromatic rings. The van der Waals surface area contributed by atoms with Crippen LogP contribution in [0.1, 0.15) is 44.4 Å². The number of ether oxygens (including phenoxy) is 1. The molecule has 1 fully saturated rings. The summed E-state index contributed by atoms with van der Waals surface area (Å²) in [6, 6.07) is 7.02. The van der Waals surface area contributed by atoms with Crippen molar-refractivity contribution in [2.45, 2.75) is 44.2 Å². The number of furan rings is 1. The van der Waals surface area contributed by atoms with E-state index in [-0.39, 0.29) is 17.5 Å². The van der Waals surface area contributed by atoms with Crippen LogP contribution in [-0.2, 0) is 4.74 Å². The maximum atomic E-state index is 13.8. The number of methoxy groups -OCH3 is 1. The molecule has 1 N–H and O–H groups in total. The van der Waals surface area contributed by atoms with E-state index in [2.05, 4.69) is 12.2 Å². The number of hydrogen-bond donors (Lipinski definition) is 1. The number of rotatable bonds is 6. The molecule has 1 aliphatic rings. The highest BCUT2D eigenvalue weighted by Gasteiger charge is 2.40. The lowest BCUT2D eigenvalue weighted by molar-refractivity contribution is -0.0847. The molecule has 0 saturated heterocycles. The van der Waals surface area contributed by atoms with Crippen molar-refractivity contribution in [3.05, 3.63) is 35.8 Å². The van der Waals surface area contributed by atoms with E-state index in [0.29, 0.717) is 5.58 Å². The molecule has 1 saturated carbocycles. The number of halogens is 1. The number of hydrogen-bond acceptors (Lipinski definition) is 3. The van der Waals surface area contributed by atoms with Gasteiger partial charge in [-0.25, -0.2) is 4.39 Å². The lowest BCUT2D eigenvalue weighted by atomic mass is 9.75. The number of benzene rings is 1. The molecule has 0 aliphatic heterocycles. The van der Waals surface area contributed by atoms with Crippen molar-refractivity contribution < 1.29 is 13.5 Å². The largest absolute Gasteiger partial charge is 0.456 e. The van der Waals surface area contributed by atoms with Crippen LogP contribution >= 0.6 is 0 Å². The standard InChI is InChI=1S/C17H22FNO2/c1-3-19-14(11-17(20-2)8-5-9-17)15-10-12-6-4-7-13(18)16(12)21-15/h4,6-7,10,14,19H,3,5,8-9,11H2,1-2H3. The van der Waals surface area contributed by atoms with E-state index in [0.717, 1.165) is 37.0 Å². The van der Waals surface area contributed by atoms with Gasteiger partial charge in [-0.1, -0.05) is 19.1 Å². The first-order valence-electron chi connectivity index (χ1n) is 7.64. The number of nitrogens with one attached hydrogen (secondary N) is 1. The van der Waals surface area contributed by atoms with Crippen LogP contribution in [0.25, 0.3) is 11.0 Å². The van der Waals surface area contributed by atoms with E-state index >= 15 is 0 Å². The maximum absolute atomic E-state index is 13.8. The van der Waals surface area contributed by atoms with Crippen molar-refractivity contribution in [2.75, 3.05) is 13.7 Å². The van der Waals surface area contributed by atoms with E-state index in [1.807, 2.05) is 12.1 Å². The predicted molar refractivity (Wildman–Crippen MR) is 80.8 cm³/mol. The summed E-state index contributed by atoms with van der Waals surface area (Å²) in [6.07, 6.45) is 4.24. The number of fused-ring (bicyclic) bond motifs is 1. The van der Waals surface area contributed by atoms with Crippen molar-refractivity contribution in [2.24, 2.45) is 0 Å². The molecule has 1 aliphatic carbocycles. The van der Waals surface area contributed by atoms with Gasteiger partial charge < -0.3 is 14.5 Å². The average Bonchev–Trinajstić information content (AvgIpc) is 2.87. The third kappa shape index (κ3) is 2.70. The second kappa shape index (κ2) is 5.78. The van der Waals surface area contributed by atoms with E-state index in [9.17, 15) is 4.39 Å². The second-order valence-corrected chi connectivity index (χ2v) is 5.86. The minimum Gasteiger partial charge on any atom is -0.456 e. The third-order valence-electron chi connectivity index (χ3n) is 4.58. The van der Waals surface area contributed by atoms with Gasteiger partial charge in [0.2, 0.25) is 0 Å². The van der Waals surface area contributed by atoms with Gasteiger partial charge in [-0.15, -0.1) is 0 Å².